The summed E-state index contributed by atoms with van der Waals surface area (Å²) >= 11 is 0. The quantitative estimate of drug-likeness (QED) is 0.781. The van der Waals surface area contributed by atoms with Crippen molar-refractivity contribution in [1.29, 1.82) is 0 Å². The number of hydrogen-bond acceptors (Lipinski definition) is 3. The Hall–Kier alpha value is -2.30. The van der Waals surface area contributed by atoms with Crippen LogP contribution in [0.2, 0.25) is 0 Å². The van der Waals surface area contributed by atoms with Crippen LogP contribution in [-0.4, -0.2) is 18.1 Å². The molecule has 5 heteroatoms. The van der Waals surface area contributed by atoms with E-state index < -0.39 is 17.6 Å². The number of aromatic nitrogens is 1. The molecule has 19 heavy (non-hydrogen) atoms. The van der Waals surface area contributed by atoms with Gasteiger partial charge in [0.05, 0.1) is 12.7 Å². The minimum Gasteiger partial charge on any atom is -0.465 e. The van der Waals surface area contributed by atoms with Gasteiger partial charge in [0.1, 0.15) is 11.5 Å². The molecule has 0 N–H and O–H groups in total. The van der Waals surface area contributed by atoms with Crippen molar-refractivity contribution in [3.05, 3.63) is 53.2 Å². The lowest BCUT2D eigenvalue weighted by Crippen LogP contribution is -2.08. The zero-order valence-electron chi connectivity index (χ0n) is 10.4. The van der Waals surface area contributed by atoms with E-state index in [4.69, 9.17) is 0 Å². The molecule has 0 bridgehead atoms. The number of hydrogen-bond donors (Lipinski definition) is 0. The molecule has 0 fully saturated rings. The summed E-state index contributed by atoms with van der Waals surface area (Å²) in [6.07, 6.45) is 0. The molecule has 0 saturated carbocycles. The van der Waals surface area contributed by atoms with Gasteiger partial charge in [0, 0.05) is 11.3 Å². The Bertz CT molecular complexity index is 624. The molecule has 0 aliphatic carbocycles. The first kappa shape index (κ1) is 13.1. The molecule has 2 aromatic rings. The van der Waals surface area contributed by atoms with Crippen LogP contribution in [0.5, 0.6) is 0 Å². The maximum Gasteiger partial charge on any atom is 0.340 e. The molecule has 0 unspecified atom stereocenters. The molecule has 0 aliphatic heterocycles. The highest BCUT2D eigenvalue weighted by atomic mass is 19.1. The molecular formula is C14H11F2NO2. The van der Waals surface area contributed by atoms with Crippen LogP contribution in [0.15, 0.2) is 30.3 Å². The van der Waals surface area contributed by atoms with Gasteiger partial charge >= 0.3 is 5.97 Å². The number of methoxy groups -OCH3 is 1. The second-order valence-corrected chi connectivity index (χ2v) is 3.97. The number of carbonyl (C=O) groups excluding carboxylic acids is 1. The van der Waals surface area contributed by atoms with Crippen LogP contribution in [-0.2, 0) is 4.74 Å². The SMILES string of the molecule is COC(=O)c1cc(C)nc(-c2ccc(F)cc2)c1F. The van der Waals surface area contributed by atoms with E-state index in [1.54, 1.807) is 6.92 Å². The predicted octanol–water partition coefficient (Wildman–Crippen LogP) is 3.12. The monoisotopic (exact) mass is 263 g/mol. The van der Waals surface area contributed by atoms with Crippen molar-refractivity contribution in [2.45, 2.75) is 6.92 Å². The fourth-order valence-corrected chi connectivity index (χ4v) is 1.72. The first-order chi connectivity index (χ1) is 9.02. The smallest absolute Gasteiger partial charge is 0.340 e. The fourth-order valence-electron chi connectivity index (χ4n) is 1.72. The number of halogens is 2. The largest absolute Gasteiger partial charge is 0.465 e. The normalized spacial score (nSPS) is 10.3. The summed E-state index contributed by atoms with van der Waals surface area (Å²) in [6.45, 7) is 1.64. The number of benzene rings is 1. The Morgan fingerprint density at radius 3 is 2.42 bits per heavy atom. The average Bonchev–Trinajstić information content (AvgIpc) is 2.41. The highest BCUT2D eigenvalue weighted by Gasteiger charge is 2.19. The second kappa shape index (κ2) is 5.14. The van der Waals surface area contributed by atoms with E-state index >= 15 is 0 Å². The van der Waals surface area contributed by atoms with Crippen molar-refractivity contribution in [3.63, 3.8) is 0 Å². The number of ether oxygens (including phenoxy) is 1. The Labute approximate surface area is 108 Å². The highest BCUT2D eigenvalue weighted by molar-refractivity contribution is 5.91. The standard InChI is InChI=1S/C14H11F2NO2/c1-8-7-11(14(18)19-2)12(16)13(17-8)9-3-5-10(15)6-4-9/h3-7H,1-2H3. The first-order valence-electron chi connectivity index (χ1n) is 5.54. The molecule has 0 amide bonds. The van der Waals surface area contributed by atoms with Gasteiger partial charge < -0.3 is 4.74 Å². The molecule has 3 nitrogen and oxygen atoms in total. The number of esters is 1. The third kappa shape index (κ3) is 2.59. The third-order valence-corrected chi connectivity index (χ3v) is 2.61. The van der Waals surface area contributed by atoms with Gasteiger partial charge in [-0.1, -0.05) is 0 Å². The molecule has 0 atom stereocenters. The molecule has 0 spiro atoms. The van der Waals surface area contributed by atoms with Crippen molar-refractivity contribution >= 4 is 5.97 Å². The van der Waals surface area contributed by atoms with Gasteiger partial charge in [0.2, 0.25) is 0 Å². The number of pyridine rings is 1. The van der Waals surface area contributed by atoms with Crippen LogP contribution in [0.3, 0.4) is 0 Å². The Kier molecular flexibility index (Phi) is 3.55. The molecule has 1 aromatic heterocycles. The summed E-state index contributed by atoms with van der Waals surface area (Å²) in [4.78, 5) is 15.5. The van der Waals surface area contributed by atoms with Crippen LogP contribution >= 0.6 is 0 Å². The lowest BCUT2D eigenvalue weighted by atomic mass is 10.1. The van der Waals surface area contributed by atoms with Crippen molar-refractivity contribution in [3.8, 4) is 11.3 Å². The lowest BCUT2D eigenvalue weighted by Gasteiger charge is -2.08. The summed E-state index contributed by atoms with van der Waals surface area (Å²) in [5, 5.41) is 0. The van der Waals surface area contributed by atoms with Crippen molar-refractivity contribution < 1.29 is 18.3 Å². The van der Waals surface area contributed by atoms with Gasteiger partial charge in [-0.2, -0.15) is 0 Å². The van der Waals surface area contributed by atoms with Crippen LogP contribution < -0.4 is 0 Å². The van der Waals surface area contributed by atoms with Gasteiger partial charge in [0.25, 0.3) is 0 Å². The summed E-state index contributed by atoms with van der Waals surface area (Å²) in [6, 6.07) is 6.53. The fraction of sp³-hybridized carbons (Fsp3) is 0.143. The van der Waals surface area contributed by atoms with Gasteiger partial charge in [0.15, 0.2) is 5.82 Å². The Morgan fingerprint density at radius 2 is 1.84 bits per heavy atom. The van der Waals surface area contributed by atoms with Crippen LogP contribution in [0.4, 0.5) is 8.78 Å². The molecular weight excluding hydrogens is 252 g/mol. The summed E-state index contributed by atoms with van der Waals surface area (Å²) in [5.41, 5.74) is 0.684. The number of nitrogens with zero attached hydrogens (tertiary/aromatic N) is 1. The number of rotatable bonds is 2. The Balaban J connectivity index is 2.60. The van der Waals surface area contributed by atoms with Crippen molar-refractivity contribution in [2.75, 3.05) is 7.11 Å². The Morgan fingerprint density at radius 1 is 1.21 bits per heavy atom. The van der Waals surface area contributed by atoms with Gasteiger partial charge in [-0.3, -0.25) is 0 Å². The van der Waals surface area contributed by atoms with Crippen molar-refractivity contribution in [2.24, 2.45) is 0 Å². The van der Waals surface area contributed by atoms with Gasteiger partial charge in [-0.05, 0) is 37.3 Å². The average molecular weight is 263 g/mol. The van der Waals surface area contributed by atoms with E-state index in [-0.39, 0.29) is 11.3 Å². The van der Waals surface area contributed by atoms with Gasteiger partial charge in [-0.15, -0.1) is 0 Å². The number of carbonyl (C=O) groups is 1. The van der Waals surface area contributed by atoms with E-state index in [1.807, 2.05) is 0 Å². The summed E-state index contributed by atoms with van der Waals surface area (Å²) in [7, 11) is 1.18. The minimum absolute atomic E-state index is 0.000370. The molecule has 0 aliphatic rings. The zero-order valence-corrected chi connectivity index (χ0v) is 10.4. The highest BCUT2D eigenvalue weighted by Crippen LogP contribution is 2.24. The zero-order chi connectivity index (χ0) is 14.0. The van der Waals surface area contributed by atoms with E-state index in [1.165, 1.54) is 37.4 Å². The molecule has 0 radical (unpaired) electrons. The predicted molar refractivity (Wildman–Crippen MR) is 65.7 cm³/mol. The summed E-state index contributed by atoms with van der Waals surface area (Å²) in [5.74, 6) is -1.97. The molecule has 1 heterocycles. The van der Waals surface area contributed by atoms with Crippen LogP contribution in [0.1, 0.15) is 16.1 Å². The minimum atomic E-state index is -0.774. The molecule has 0 saturated heterocycles. The second-order valence-electron chi connectivity index (χ2n) is 3.97. The number of aryl methyl sites for hydroxylation is 1. The molecule has 2 rings (SSSR count). The van der Waals surface area contributed by atoms with E-state index in [0.717, 1.165) is 0 Å². The lowest BCUT2D eigenvalue weighted by molar-refractivity contribution is 0.0595. The molecule has 1 aromatic carbocycles. The van der Waals surface area contributed by atoms with E-state index in [0.29, 0.717) is 11.3 Å². The van der Waals surface area contributed by atoms with Crippen LogP contribution in [0.25, 0.3) is 11.3 Å². The van der Waals surface area contributed by atoms with Crippen LogP contribution in [0, 0.1) is 18.6 Å². The molecule has 98 valence electrons. The first-order valence-corrected chi connectivity index (χ1v) is 5.54. The topological polar surface area (TPSA) is 39.2 Å². The maximum absolute atomic E-state index is 14.2. The van der Waals surface area contributed by atoms with Crippen molar-refractivity contribution in [1.82, 2.24) is 4.98 Å². The summed E-state index contributed by atoms with van der Waals surface area (Å²) < 4.78 is 31.6. The van der Waals surface area contributed by atoms with Gasteiger partial charge in [-0.25, -0.2) is 18.6 Å². The van der Waals surface area contributed by atoms with E-state index in [2.05, 4.69) is 9.72 Å². The van der Waals surface area contributed by atoms with E-state index in [9.17, 15) is 13.6 Å². The maximum atomic E-state index is 14.2. The third-order valence-electron chi connectivity index (χ3n) is 2.61.